The summed E-state index contributed by atoms with van der Waals surface area (Å²) in [5, 5.41) is 2.89. The number of hydrogen-bond acceptors (Lipinski definition) is 4. The molecule has 0 unspecified atom stereocenters. The molecular formula is C13H16BrNO3S. The van der Waals surface area contributed by atoms with Gasteiger partial charge >= 0.3 is 5.97 Å². The van der Waals surface area contributed by atoms with Crippen LogP contribution < -0.4 is 5.32 Å². The normalized spacial score (nSPS) is 17.8. The number of rotatable bonds is 3. The second-order valence-electron chi connectivity index (χ2n) is 4.69. The van der Waals surface area contributed by atoms with Crippen molar-refractivity contribution in [2.75, 3.05) is 7.11 Å². The summed E-state index contributed by atoms with van der Waals surface area (Å²) in [5.74, 6) is -0.542. The molecule has 0 spiro atoms. The van der Waals surface area contributed by atoms with E-state index in [0.717, 1.165) is 23.0 Å². The molecule has 0 bridgehead atoms. The van der Waals surface area contributed by atoms with Gasteiger partial charge in [0.05, 0.1) is 15.8 Å². The number of ether oxygens (including phenoxy) is 1. The van der Waals surface area contributed by atoms with E-state index in [9.17, 15) is 9.59 Å². The summed E-state index contributed by atoms with van der Waals surface area (Å²) in [6.07, 6.45) is 4.27. The zero-order valence-corrected chi connectivity index (χ0v) is 13.1. The number of halogens is 1. The number of amides is 1. The maximum absolute atomic E-state index is 12.2. The lowest BCUT2D eigenvalue weighted by molar-refractivity contribution is -0.149. The fourth-order valence-electron chi connectivity index (χ4n) is 2.45. The molecule has 0 aromatic carbocycles. The summed E-state index contributed by atoms with van der Waals surface area (Å²) in [6.45, 7) is 0. The van der Waals surface area contributed by atoms with Crippen LogP contribution in [0.4, 0.5) is 0 Å². The Balaban J connectivity index is 2.16. The smallest absolute Gasteiger partial charge is 0.331 e. The molecule has 0 aliphatic heterocycles. The zero-order valence-electron chi connectivity index (χ0n) is 10.7. The Morgan fingerprint density at radius 2 is 2.00 bits per heavy atom. The van der Waals surface area contributed by atoms with Gasteiger partial charge < -0.3 is 10.1 Å². The molecule has 1 amide bonds. The first-order valence-electron chi connectivity index (χ1n) is 6.24. The van der Waals surface area contributed by atoms with Crippen molar-refractivity contribution in [3.63, 3.8) is 0 Å². The summed E-state index contributed by atoms with van der Waals surface area (Å²) in [7, 11) is 1.37. The van der Waals surface area contributed by atoms with Crippen LogP contribution in [0.15, 0.2) is 15.9 Å². The van der Waals surface area contributed by atoms with E-state index in [1.165, 1.54) is 18.4 Å². The van der Waals surface area contributed by atoms with Crippen molar-refractivity contribution in [2.45, 2.75) is 37.6 Å². The highest BCUT2D eigenvalue weighted by Gasteiger charge is 2.42. The van der Waals surface area contributed by atoms with Crippen LogP contribution in [-0.2, 0) is 9.53 Å². The van der Waals surface area contributed by atoms with E-state index in [1.807, 2.05) is 6.07 Å². The summed E-state index contributed by atoms with van der Waals surface area (Å²) < 4.78 is 5.77. The third-order valence-electron chi connectivity index (χ3n) is 3.43. The largest absolute Gasteiger partial charge is 0.467 e. The van der Waals surface area contributed by atoms with Crippen molar-refractivity contribution in [2.24, 2.45) is 0 Å². The molecule has 19 heavy (non-hydrogen) atoms. The minimum Gasteiger partial charge on any atom is -0.467 e. The van der Waals surface area contributed by atoms with Gasteiger partial charge in [-0.15, -0.1) is 11.3 Å². The molecule has 0 saturated heterocycles. The third kappa shape index (κ3) is 3.17. The van der Waals surface area contributed by atoms with Gasteiger partial charge in [-0.1, -0.05) is 19.3 Å². The van der Waals surface area contributed by atoms with Crippen LogP contribution in [0.3, 0.4) is 0 Å². The first-order valence-corrected chi connectivity index (χ1v) is 7.85. The van der Waals surface area contributed by atoms with Gasteiger partial charge in [0.1, 0.15) is 5.54 Å². The Morgan fingerprint density at radius 1 is 1.32 bits per heavy atom. The van der Waals surface area contributed by atoms with Crippen LogP contribution in [-0.4, -0.2) is 24.5 Å². The van der Waals surface area contributed by atoms with Crippen LogP contribution in [0, 0.1) is 0 Å². The molecule has 1 fully saturated rings. The number of hydrogen-bond donors (Lipinski definition) is 1. The molecular weight excluding hydrogens is 330 g/mol. The Bertz CT molecular complexity index is 480. The van der Waals surface area contributed by atoms with Crippen LogP contribution >= 0.6 is 27.3 Å². The van der Waals surface area contributed by atoms with Crippen molar-refractivity contribution in [3.05, 3.63) is 20.8 Å². The first-order chi connectivity index (χ1) is 9.07. The quantitative estimate of drug-likeness (QED) is 0.856. The first kappa shape index (κ1) is 14.5. The van der Waals surface area contributed by atoms with Crippen molar-refractivity contribution >= 4 is 39.1 Å². The highest BCUT2D eigenvalue weighted by Crippen LogP contribution is 2.30. The van der Waals surface area contributed by atoms with Gasteiger partial charge in [-0.3, -0.25) is 4.79 Å². The molecule has 1 heterocycles. The molecule has 1 N–H and O–H groups in total. The molecule has 1 aromatic rings. The summed E-state index contributed by atoms with van der Waals surface area (Å²) in [4.78, 5) is 24.8. The molecule has 104 valence electrons. The lowest BCUT2D eigenvalue weighted by Gasteiger charge is -2.35. The number of esters is 1. The maximum Gasteiger partial charge on any atom is 0.331 e. The van der Waals surface area contributed by atoms with Crippen molar-refractivity contribution in [1.29, 1.82) is 0 Å². The molecule has 0 radical (unpaired) electrons. The summed E-state index contributed by atoms with van der Waals surface area (Å²) >= 11 is 4.68. The van der Waals surface area contributed by atoms with Gasteiger partial charge in [0.25, 0.3) is 5.91 Å². The SMILES string of the molecule is COC(=O)C1(NC(=O)c2ccc(Br)s2)CCCCC1. The van der Waals surface area contributed by atoms with E-state index in [2.05, 4.69) is 21.2 Å². The number of carbonyl (C=O) groups is 2. The molecule has 1 saturated carbocycles. The van der Waals surface area contributed by atoms with Crippen molar-refractivity contribution < 1.29 is 14.3 Å². The summed E-state index contributed by atoms with van der Waals surface area (Å²) in [5.41, 5.74) is -0.847. The molecule has 1 aliphatic rings. The summed E-state index contributed by atoms with van der Waals surface area (Å²) in [6, 6.07) is 3.57. The Hall–Kier alpha value is -0.880. The van der Waals surface area contributed by atoms with Crippen LogP contribution in [0.2, 0.25) is 0 Å². The average Bonchev–Trinajstić information content (AvgIpc) is 2.85. The predicted octanol–water partition coefficient (Wildman–Crippen LogP) is 3.12. The van der Waals surface area contributed by atoms with Gasteiger partial charge in [0.15, 0.2) is 0 Å². The second-order valence-corrected chi connectivity index (χ2v) is 7.16. The monoisotopic (exact) mass is 345 g/mol. The molecule has 1 aliphatic carbocycles. The van der Waals surface area contributed by atoms with E-state index in [0.29, 0.717) is 17.7 Å². The second kappa shape index (κ2) is 6.05. The van der Waals surface area contributed by atoms with Crippen molar-refractivity contribution in [3.8, 4) is 0 Å². The topological polar surface area (TPSA) is 55.4 Å². The van der Waals surface area contributed by atoms with E-state index in [-0.39, 0.29) is 11.9 Å². The minimum absolute atomic E-state index is 0.206. The number of methoxy groups -OCH3 is 1. The highest BCUT2D eigenvalue weighted by molar-refractivity contribution is 9.11. The third-order valence-corrected chi connectivity index (χ3v) is 5.06. The number of thiophene rings is 1. The van der Waals surface area contributed by atoms with E-state index < -0.39 is 5.54 Å². The Labute approximate surface area is 124 Å². The molecule has 1 aromatic heterocycles. The standard InChI is InChI=1S/C13H16BrNO3S/c1-18-12(17)13(7-3-2-4-8-13)15-11(16)9-5-6-10(14)19-9/h5-6H,2-4,7-8H2,1H3,(H,15,16). The fraction of sp³-hybridized carbons (Fsp3) is 0.538. The highest BCUT2D eigenvalue weighted by atomic mass is 79.9. The van der Waals surface area contributed by atoms with Gasteiger partial charge in [-0.2, -0.15) is 0 Å². The van der Waals surface area contributed by atoms with Gasteiger partial charge in [0, 0.05) is 0 Å². The van der Waals surface area contributed by atoms with E-state index in [4.69, 9.17) is 4.74 Å². The van der Waals surface area contributed by atoms with Crippen LogP contribution in [0.25, 0.3) is 0 Å². The lowest BCUT2D eigenvalue weighted by atomic mass is 9.81. The Kier molecular flexibility index (Phi) is 4.62. The Morgan fingerprint density at radius 3 is 2.53 bits per heavy atom. The zero-order chi connectivity index (χ0) is 13.9. The molecule has 0 atom stereocenters. The molecule has 4 nitrogen and oxygen atoms in total. The average molecular weight is 346 g/mol. The number of carbonyl (C=O) groups excluding carboxylic acids is 2. The number of nitrogens with one attached hydrogen (secondary N) is 1. The van der Waals surface area contributed by atoms with E-state index in [1.54, 1.807) is 6.07 Å². The van der Waals surface area contributed by atoms with Gasteiger partial charge in [-0.25, -0.2) is 4.79 Å². The van der Waals surface area contributed by atoms with Crippen molar-refractivity contribution in [1.82, 2.24) is 5.32 Å². The van der Waals surface area contributed by atoms with E-state index >= 15 is 0 Å². The molecule has 6 heteroatoms. The fourth-order valence-corrected chi connectivity index (χ4v) is 3.73. The van der Waals surface area contributed by atoms with Gasteiger partial charge in [0.2, 0.25) is 0 Å². The van der Waals surface area contributed by atoms with Gasteiger partial charge in [-0.05, 0) is 40.9 Å². The van der Waals surface area contributed by atoms with Crippen LogP contribution in [0.1, 0.15) is 41.8 Å². The maximum atomic E-state index is 12.2. The minimum atomic E-state index is -0.847. The molecule has 2 rings (SSSR count). The lowest BCUT2D eigenvalue weighted by Crippen LogP contribution is -2.56. The predicted molar refractivity (Wildman–Crippen MR) is 77.3 cm³/mol. The van der Waals surface area contributed by atoms with Crippen LogP contribution in [0.5, 0.6) is 0 Å².